The minimum absolute atomic E-state index is 0.147. The molecule has 5 heterocycles. The molecular weight excluding hydrogens is 568 g/mol. The third-order valence-corrected chi connectivity index (χ3v) is 11.2. The molecule has 2 bridgehead atoms. The van der Waals surface area contributed by atoms with Crippen LogP contribution in [0.5, 0.6) is 0 Å². The largest absolute Gasteiger partial charge is 0.459 e. The van der Waals surface area contributed by atoms with Crippen LogP contribution in [0.25, 0.3) is 21.5 Å². The molecule has 3 aliphatic heterocycles. The lowest BCUT2D eigenvalue weighted by Gasteiger charge is -2.34. The highest BCUT2D eigenvalue weighted by Crippen LogP contribution is 2.44. The van der Waals surface area contributed by atoms with Crippen LogP contribution >= 0.6 is 11.3 Å². The number of aryl methyl sites for hydroxylation is 2. The Balaban J connectivity index is 1.22. The summed E-state index contributed by atoms with van der Waals surface area (Å²) in [6, 6.07) is 9.97. The average Bonchev–Trinajstić information content (AvgIpc) is 3.71. The van der Waals surface area contributed by atoms with E-state index in [4.69, 9.17) is 4.74 Å². The molecule has 44 heavy (non-hydrogen) atoms. The maximum absolute atomic E-state index is 14.0. The predicted molar refractivity (Wildman–Crippen MR) is 179 cm³/mol. The number of nitrogens with one attached hydrogen (secondary N) is 1. The number of thiophene rings is 1. The van der Waals surface area contributed by atoms with Crippen molar-refractivity contribution in [3.63, 3.8) is 0 Å². The Morgan fingerprint density at radius 1 is 0.886 bits per heavy atom. The molecule has 8 heteroatoms. The van der Waals surface area contributed by atoms with Gasteiger partial charge in [0.2, 0.25) is 5.91 Å². The molecule has 3 aliphatic rings. The summed E-state index contributed by atoms with van der Waals surface area (Å²) >= 11 is 1.76. The first-order valence-electron chi connectivity index (χ1n) is 16.5. The maximum Gasteiger partial charge on any atom is 0.320 e. The molecule has 3 fully saturated rings. The van der Waals surface area contributed by atoms with Gasteiger partial charge in [-0.2, -0.15) is 0 Å². The van der Waals surface area contributed by atoms with Crippen LogP contribution in [-0.2, 0) is 26.2 Å². The molecule has 238 valence electrons. The van der Waals surface area contributed by atoms with E-state index in [1.807, 2.05) is 20.8 Å². The Kier molecular flexibility index (Phi) is 8.48. The van der Waals surface area contributed by atoms with Gasteiger partial charge >= 0.3 is 5.97 Å². The summed E-state index contributed by atoms with van der Waals surface area (Å²) in [5.74, 6) is 0.151. The van der Waals surface area contributed by atoms with E-state index < -0.39 is 11.0 Å². The molecule has 1 N–H and O–H groups in total. The first kappa shape index (κ1) is 31.3. The van der Waals surface area contributed by atoms with E-state index in [0.717, 1.165) is 74.5 Å². The summed E-state index contributed by atoms with van der Waals surface area (Å²) in [5, 5.41) is 1.26. The number of benzene rings is 1. The number of carbonyl (C=O) groups excluding carboxylic acids is 2. The Bertz CT molecular complexity index is 1500. The normalized spacial score (nSPS) is 21.5. The van der Waals surface area contributed by atoms with Gasteiger partial charge in [-0.25, -0.2) is 0 Å². The molecule has 0 atom stereocenters. The van der Waals surface area contributed by atoms with E-state index in [0.29, 0.717) is 24.5 Å². The Morgan fingerprint density at radius 2 is 1.48 bits per heavy atom. The van der Waals surface area contributed by atoms with Crippen molar-refractivity contribution >= 4 is 33.4 Å². The molecule has 2 aromatic heterocycles. The lowest BCUT2D eigenvalue weighted by Crippen LogP contribution is -2.49. The molecule has 3 saturated heterocycles. The molecule has 0 unspecified atom stereocenters. The van der Waals surface area contributed by atoms with E-state index in [1.54, 1.807) is 11.3 Å². The van der Waals surface area contributed by atoms with Crippen molar-refractivity contribution in [2.75, 3.05) is 39.3 Å². The first-order chi connectivity index (χ1) is 20.8. The fourth-order valence-electron chi connectivity index (χ4n) is 7.63. The Labute approximate surface area is 266 Å². The number of hydrogen-bond donors (Lipinski definition) is 1. The van der Waals surface area contributed by atoms with E-state index in [-0.39, 0.29) is 5.97 Å². The minimum Gasteiger partial charge on any atom is -0.459 e. The second-order valence-electron chi connectivity index (χ2n) is 15.0. The molecule has 0 spiro atoms. The van der Waals surface area contributed by atoms with Crippen molar-refractivity contribution in [2.24, 2.45) is 0 Å². The highest BCUT2D eigenvalue weighted by molar-refractivity contribution is 7.19. The molecule has 0 saturated carbocycles. The van der Waals surface area contributed by atoms with Gasteiger partial charge in [0.1, 0.15) is 10.4 Å². The van der Waals surface area contributed by atoms with E-state index in [9.17, 15) is 9.59 Å². The Hall–Kier alpha value is -2.68. The summed E-state index contributed by atoms with van der Waals surface area (Å²) < 4.78 is 5.54. The van der Waals surface area contributed by atoms with Crippen molar-refractivity contribution in [3.05, 3.63) is 45.8 Å². The fraction of sp³-hybridized carbons (Fsp3) is 0.611. The topological polar surface area (TPSA) is 68.9 Å². The van der Waals surface area contributed by atoms with Gasteiger partial charge in [0.25, 0.3) is 0 Å². The van der Waals surface area contributed by atoms with Gasteiger partial charge in [0, 0.05) is 55.1 Å². The summed E-state index contributed by atoms with van der Waals surface area (Å²) in [7, 11) is 0. The van der Waals surface area contributed by atoms with Crippen LogP contribution < -0.4 is 0 Å². The lowest BCUT2D eigenvalue weighted by atomic mass is 9.88. The summed E-state index contributed by atoms with van der Waals surface area (Å²) in [6.45, 7) is 19.2. The van der Waals surface area contributed by atoms with Crippen LogP contribution in [0.1, 0.15) is 81.9 Å². The van der Waals surface area contributed by atoms with Crippen LogP contribution in [0.15, 0.2) is 24.3 Å². The van der Waals surface area contributed by atoms with E-state index in [2.05, 4.69) is 71.6 Å². The number of fused-ring (bicyclic) bond motifs is 3. The number of H-pyrrole nitrogens is 1. The molecule has 1 aromatic carbocycles. The third-order valence-electron chi connectivity index (χ3n) is 9.86. The maximum atomic E-state index is 14.0. The predicted octanol–water partition coefficient (Wildman–Crippen LogP) is 6.45. The summed E-state index contributed by atoms with van der Waals surface area (Å²) in [4.78, 5) is 39.4. The number of amides is 1. The SMILES string of the molecule is Cc1cc(C)cc(-c2[nH]c3sc(C(C)(C)C(=O)N4C5CCC4CC5)cc3c2CCN2CCN(CC(=O)OC(C)(C)C)CC2)c1. The van der Waals surface area contributed by atoms with E-state index >= 15 is 0 Å². The smallest absolute Gasteiger partial charge is 0.320 e. The zero-order chi connectivity index (χ0) is 31.4. The summed E-state index contributed by atoms with van der Waals surface area (Å²) in [5.41, 5.74) is 5.30. The quantitative estimate of drug-likeness (QED) is 0.294. The number of ether oxygens (including phenoxy) is 1. The molecule has 7 nitrogen and oxygen atoms in total. The number of esters is 1. The lowest BCUT2D eigenvalue weighted by molar-refractivity contribution is -0.156. The van der Waals surface area contributed by atoms with Gasteiger partial charge < -0.3 is 19.5 Å². The van der Waals surface area contributed by atoms with Crippen LogP contribution in [0.4, 0.5) is 0 Å². The van der Waals surface area contributed by atoms with Gasteiger partial charge in [-0.3, -0.25) is 14.5 Å². The van der Waals surface area contributed by atoms with Gasteiger partial charge in [-0.15, -0.1) is 11.3 Å². The van der Waals surface area contributed by atoms with Crippen molar-refractivity contribution in [3.8, 4) is 11.3 Å². The zero-order valence-corrected chi connectivity index (χ0v) is 28.5. The van der Waals surface area contributed by atoms with Gasteiger partial charge in [0.15, 0.2) is 0 Å². The van der Waals surface area contributed by atoms with Crippen LogP contribution in [0.2, 0.25) is 0 Å². The van der Waals surface area contributed by atoms with Gasteiger partial charge in [-0.1, -0.05) is 17.2 Å². The number of nitrogens with zero attached hydrogens (tertiary/aromatic N) is 3. The third kappa shape index (κ3) is 6.35. The first-order valence-corrected chi connectivity index (χ1v) is 17.3. The molecule has 6 rings (SSSR count). The minimum atomic E-state index is -0.544. The van der Waals surface area contributed by atoms with Crippen molar-refractivity contribution in [2.45, 2.75) is 104 Å². The summed E-state index contributed by atoms with van der Waals surface area (Å²) in [6.07, 6.45) is 5.58. The number of aromatic amines is 1. The number of aromatic nitrogens is 1. The van der Waals surface area contributed by atoms with Crippen molar-refractivity contribution in [1.29, 1.82) is 0 Å². The fourth-order valence-corrected chi connectivity index (χ4v) is 8.82. The molecule has 1 amide bonds. The van der Waals surface area contributed by atoms with Crippen LogP contribution in [0, 0.1) is 13.8 Å². The number of carbonyl (C=O) groups is 2. The van der Waals surface area contributed by atoms with Crippen molar-refractivity contribution < 1.29 is 14.3 Å². The average molecular weight is 619 g/mol. The van der Waals surface area contributed by atoms with Gasteiger partial charge in [0.05, 0.1) is 17.7 Å². The monoisotopic (exact) mass is 618 g/mol. The number of hydrogen-bond acceptors (Lipinski definition) is 6. The zero-order valence-electron chi connectivity index (χ0n) is 27.7. The molecular formula is C36H50N4O3S. The molecule has 0 radical (unpaired) electrons. The van der Waals surface area contributed by atoms with E-state index in [1.165, 1.54) is 33.3 Å². The van der Waals surface area contributed by atoms with Crippen LogP contribution in [0.3, 0.4) is 0 Å². The van der Waals surface area contributed by atoms with Crippen molar-refractivity contribution in [1.82, 2.24) is 19.7 Å². The standard InChI is InChI=1S/C36H50N4O3S/c1-23-18-24(2)20-25(19-23)32-28(12-13-38-14-16-39(17-15-38)22-31(41)43-35(3,4)5)29-21-30(44-33(29)37-32)36(6,7)34(42)40-26-8-9-27(40)11-10-26/h18-21,26-27,37H,8-17,22H2,1-7H3. The molecule has 3 aromatic rings. The van der Waals surface area contributed by atoms with Gasteiger partial charge in [-0.05, 0) is 110 Å². The second-order valence-corrected chi connectivity index (χ2v) is 16.0. The van der Waals surface area contributed by atoms with Crippen LogP contribution in [-0.4, -0.2) is 88.5 Å². The number of rotatable bonds is 8. The Morgan fingerprint density at radius 3 is 2.07 bits per heavy atom. The highest BCUT2D eigenvalue weighted by atomic mass is 32.1. The highest BCUT2D eigenvalue weighted by Gasteiger charge is 2.47. The second kappa shape index (κ2) is 11.9. The molecule has 0 aliphatic carbocycles. The number of piperazine rings is 1.